The maximum absolute atomic E-state index is 5.91. The molecule has 0 aliphatic carbocycles. The molecule has 1 aromatic carbocycles. The largest absolute Gasteiger partial charge is 0.496 e. The van der Waals surface area contributed by atoms with E-state index in [0.717, 1.165) is 11.3 Å². The van der Waals surface area contributed by atoms with E-state index in [2.05, 4.69) is 10.1 Å². The van der Waals surface area contributed by atoms with Gasteiger partial charge in [-0.05, 0) is 13.0 Å². The average molecular weight is 277 g/mol. The van der Waals surface area contributed by atoms with Gasteiger partial charge in [0.2, 0.25) is 5.89 Å². The lowest BCUT2D eigenvalue weighted by molar-refractivity contribution is 0.130. The minimum absolute atomic E-state index is 0.370. The van der Waals surface area contributed by atoms with Crippen molar-refractivity contribution in [2.75, 3.05) is 20.3 Å². The number of para-hydroxylation sites is 1. The lowest BCUT2D eigenvalue weighted by Gasteiger charge is -2.06. The molecule has 0 fully saturated rings. The van der Waals surface area contributed by atoms with E-state index in [1.165, 1.54) is 0 Å². The van der Waals surface area contributed by atoms with E-state index in [1.807, 2.05) is 31.2 Å². The number of rotatable bonds is 7. The molecule has 0 radical (unpaired) electrons. The van der Waals surface area contributed by atoms with E-state index in [-0.39, 0.29) is 6.04 Å². The predicted molar refractivity (Wildman–Crippen MR) is 73.5 cm³/mol. The van der Waals surface area contributed by atoms with E-state index < -0.39 is 0 Å². The third-order valence-electron chi connectivity index (χ3n) is 2.85. The van der Waals surface area contributed by atoms with Crippen molar-refractivity contribution in [3.05, 3.63) is 41.5 Å². The second kappa shape index (κ2) is 7.02. The molecule has 0 amide bonds. The van der Waals surface area contributed by atoms with Crippen molar-refractivity contribution in [2.45, 2.75) is 19.4 Å². The van der Waals surface area contributed by atoms with Gasteiger partial charge in [-0.1, -0.05) is 23.4 Å². The monoisotopic (exact) mass is 277 g/mol. The van der Waals surface area contributed by atoms with Gasteiger partial charge in [-0.3, -0.25) is 0 Å². The summed E-state index contributed by atoms with van der Waals surface area (Å²) in [5, 5.41) is 3.89. The van der Waals surface area contributed by atoms with Crippen molar-refractivity contribution in [2.24, 2.45) is 5.73 Å². The molecule has 0 aliphatic rings. The number of benzene rings is 1. The number of nitrogens with two attached hydrogens (primary N) is 1. The zero-order valence-corrected chi connectivity index (χ0v) is 11.7. The molecule has 1 unspecified atom stereocenters. The summed E-state index contributed by atoms with van der Waals surface area (Å²) in [4.78, 5) is 4.30. The molecule has 1 atom stereocenters. The molecule has 2 rings (SSSR count). The van der Waals surface area contributed by atoms with Crippen molar-refractivity contribution < 1.29 is 14.0 Å². The molecule has 2 aromatic rings. The highest BCUT2D eigenvalue weighted by Crippen LogP contribution is 2.20. The fourth-order valence-corrected chi connectivity index (χ4v) is 1.82. The maximum atomic E-state index is 5.91. The van der Waals surface area contributed by atoms with Crippen LogP contribution in [-0.2, 0) is 11.2 Å². The molecular weight excluding hydrogens is 258 g/mol. The molecule has 6 heteroatoms. The smallest absolute Gasteiger partial charge is 0.231 e. The summed E-state index contributed by atoms with van der Waals surface area (Å²) in [5.41, 5.74) is 6.90. The van der Waals surface area contributed by atoms with Crippen LogP contribution in [0.5, 0.6) is 5.75 Å². The number of hydrogen-bond acceptors (Lipinski definition) is 6. The van der Waals surface area contributed by atoms with E-state index in [1.54, 1.807) is 7.11 Å². The summed E-state index contributed by atoms with van der Waals surface area (Å²) in [5.74, 6) is 1.77. The first-order valence-corrected chi connectivity index (χ1v) is 6.52. The summed E-state index contributed by atoms with van der Waals surface area (Å²) in [6.45, 7) is 2.90. The van der Waals surface area contributed by atoms with Crippen LogP contribution in [0.3, 0.4) is 0 Å². The zero-order chi connectivity index (χ0) is 14.4. The number of hydrogen-bond donors (Lipinski definition) is 1. The Morgan fingerprint density at radius 3 is 2.90 bits per heavy atom. The standard InChI is InChI=1S/C14H19N3O3/c1-3-19-9-11(15)14-16-13(20-17-14)8-10-6-4-5-7-12(10)18-2/h4-7,11H,3,8-9,15H2,1-2H3. The Morgan fingerprint density at radius 1 is 1.35 bits per heavy atom. The summed E-state index contributed by atoms with van der Waals surface area (Å²) < 4.78 is 15.8. The van der Waals surface area contributed by atoms with E-state index in [0.29, 0.717) is 31.3 Å². The van der Waals surface area contributed by atoms with Gasteiger partial charge >= 0.3 is 0 Å². The number of nitrogens with zero attached hydrogens (tertiary/aromatic N) is 2. The van der Waals surface area contributed by atoms with Crippen LogP contribution >= 0.6 is 0 Å². The molecule has 2 N–H and O–H groups in total. The Balaban J connectivity index is 2.05. The lowest BCUT2D eigenvalue weighted by atomic mass is 10.1. The second-order valence-electron chi connectivity index (χ2n) is 4.30. The molecule has 0 spiro atoms. The van der Waals surface area contributed by atoms with Crippen LogP contribution in [0.15, 0.2) is 28.8 Å². The maximum Gasteiger partial charge on any atom is 0.231 e. The summed E-state index contributed by atoms with van der Waals surface area (Å²) in [6.07, 6.45) is 0.512. The number of ether oxygens (including phenoxy) is 2. The van der Waals surface area contributed by atoms with Crippen LogP contribution in [0, 0.1) is 0 Å². The highest BCUT2D eigenvalue weighted by molar-refractivity contribution is 5.34. The first-order valence-electron chi connectivity index (χ1n) is 6.52. The normalized spacial score (nSPS) is 12.3. The Morgan fingerprint density at radius 2 is 2.15 bits per heavy atom. The third kappa shape index (κ3) is 3.55. The first-order chi connectivity index (χ1) is 9.74. The van der Waals surface area contributed by atoms with Gasteiger partial charge < -0.3 is 19.7 Å². The van der Waals surface area contributed by atoms with Crippen molar-refractivity contribution in [1.82, 2.24) is 10.1 Å². The van der Waals surface area contributed by atoms with Gasteiger partial charge in [0, 0.05) is 12.2 Å². The molecule has 1 heterocycles. The number of methoxy groups -OCH3 is 1. The van der Waals surface area contributed by atoms with Crippen LogP contribution in [0.4, 0.5) is 0 Å². The molecule has 1 aromatic heterocycles. The molecule has 6 nitrogen and oxygen atoms in total. The average Bonchev–Trinajstić information content (AvgIpc) is 2.94. The van der Waals surface area contributed by atoms with Gasteiger partial charge in [-0.15, -0.1) is 0 Å². The zero-order valence-electron chi connectivity index (χ0n) is 11.7. The predicted octanol–water partition coefficient (Wildman–Crippen LogP) is 1.71. The highest BCUT2D eigenvalue weighted by atomic mass is 16.5. The van der Waals surface area contributed by atoms with Crippen LogP contribution in [0.25, 0.3) is 0 Å². The van der Waals surface area contributed by atoms with Gasteiger partial charge in [0.05, 0.1) is 26.2 Å². The van der Waals surface area contributed by atoms with Crippen molar-refractivity contribution in [3.8, 4) is 5.75 Å². The Labute approximate surface area is 117 Å². The Bertz CT molecular complexity index is 542. The first kappa shape index (κ1) is 14.5. The number of aromatic nitrogens is 2. The van der Waals surface area contributed by atoms with Gasteiger partial charge in [0.25, 0.3) is 0 Å². The Hall–Kier alpha value is -1.92. The van der Waals surface area contributed by atoms with Gasteiger partial charge in [0.15, 0.2) is 5.82 Å². The van der Waals surface area contributed by atoms with Gasteiger partial charge in [-0.2, -0.15) is 4.98 Å². The van der Waals surface area contributed by atoms with Crippen molar-refractivity contribution in [1.29, 1.82) is 0 Å². The molecule has 0 saturated heterocycles. The molecule has 0 saturated carbocycles. The van der Waals surface area contributed by atoms with E-state index in [9.17, 15) is 0 Å². The molecule has 0 aliphatic heterocycles. The minimum Gasteiger partial charge on any atom is -0.496 e. The topological polar surface area (TPSA) is 83.4 Å². The molecule has 108 valence electrons. The SMILES string of the molecule is CCOCC(N)c1noc(Cc2ccccc2OC)n1. The van der Waals surface area contributed by atoms with E-state index >= 15 is 0 Å². The fourth-order valence-electron chi connectivity index (χ4n) is 1.82. The molecular formula is C14H19N3O3. The summed E-state index contributed by atoms with van der Waals surface area (Å²) >= 11 is 0. The minimum atomic E-state index is -0.370. The molecule has 0 bridgehead atoms. The highest BCUT2D eigenvalue weighted by Gasteiger charge is 2.15. The lowest BCUT2D eigenvalue weighted by Crippen LogP contribution is -2.18. The molecule has 20 heavy (non-hydrogen) atoms. The van der Waals surface area contributed by atoms with Crippen LogP contribution in [-0.4, -0.2) is 30.5 Å². The van der Waals surface area contributed by atoms with Gasteiger partial charge in [0.1, 0.15) is 5.75 Å². The van der Waals surface area contributed by atoms with Crippen molar-refractivity contribution >= 4 is 0 Å². The summed E-state index contributed by atoms with van der Waals surface area (Å²) in [6, 6.07) is 7.34. The Kier molecular flexibility index (Phi) is 5.09. The van der Waals surface area contributed by atoms with E-state index in [4.69, 9.17) is 19.7 Å². The van der Waals surface area contributed by atoms with Crippen LogP contribution in [0.2, 0.25) is 0 Å². The summed E-state index contributed by atoms with van der Waals surface area (Å²) in [7, 11) is 1.63. The third-order valence-corrected chi connectivity index (χ3v) is 2.85. The fraction of sp³-hybridized carbons (Fsp3) is 0.429. The van der Waals surface area contributed by atoms with Crippen molar-refractivity contribution in [3.63, 3.8) is 0 Å². The van der Waals surface area contributed by atoms with Crippen LogP contribution < -0.4 is 10.5 Å². The second-order valence-corrected chi connectivity index (χ2v) is 4.30. The quantitative estimate of drug-likeness (QED) is 0.829. The van der Waals surface area contributed by atoms with Crippen LogP contribution in [0.1, 0.15) is 30.2 Å². The van der Waals surface area contributed by atoms with Gasteiger partial charge in [-0.25, -0.2) is 0 Å².